The van der Waals surface area contributed by atoms with Crippen LogP contribution in [0.15, 0.2) is 120 Å². The van der Waals surface area contributed by atoms with Crippen LogP contribution in [-0.4, -0.2) is 125 Å². The molecule has 0 radical (unpaired) electrons. The van der Waals surface area contributed by atoms with E-state index in [1.165, 1.54) is 37.7 Å². The van der Waals surface area contributed by atoms with Gasteiger partial charge in [-0.05, 0) is 108 Å². The van der Waals surface area contributed by atoms with E-state index >= 15 is 0 Å². The summed E-state index contributed by atoms with van der Waals surface area (Å²) >= 11 is 9.04. The lowest BCUT2D eigenvalue weighted by atomic mass is 9.98. The van der Waals surface area contributed by atoms with Crippen molar-refractivity contribution >= 4 is 92.9 Å². The van der Waals surface area contributed by atoms with Crippen LogP contribution in [0.5, 0.6) is 23.0 Å². The van der Waals surface area contributed by atoms with E-state index in [-0.39, 0.29) is 83.4 Å². The quantitative estimate of drug-likeness (QED) is 0.00540. The standard InChI is InChI=1S/C64H71ClN12O15S2/c1-62(2,3)90-57(82)64(7,8)92-75-50(45-34-93-58(72-45)74-61(84)91-63(4,5)6)55(81)73-49-44(71-54(49)80)28-66-53(79)47-29-67-56(94-47)40-27-68-59(76(9)30-40)77(36-70-60(83)89-33-37-15-13-12-14-16-37)35-69-52(78)43-25-26-46(87-31-38-17-21-41(85-10)22-18-38)51(48(43)65)88-32-39-19-23-42(86-11)24-20-39/h12-27,29-30,34,44,49H,28,31-33,35-36H2,1-11H3,(H5-,66,69,70,71,72,73,74,78,79,80,81,83,84)/p+1/b75-50-/t44-,49+/m1/s1. The molecule has 1 fully saturated rings. The summed E-state index contributed by atoms with van der Waals surface area (Å²) in [5, 5.41) is 22.0. The number of hydrogen-bond acceptors (Lipinski definition) is 22. The molecule has 1 saturated heterocycles. The number of thiazole rings is 2. The zero-order chi connectivity index (χ0) is 67.9. The van der Waals surface area contributed by atoms with Crippen LogP contribution in [0.4, 0.5) is 20.7 Å². The lowest BCUT2D eigenvalue weighted by Crippen LogP contribution is -2.72. The average molecular weight is 1350 g/mol. The molecule has 30 heteroatoms. The second-order valence-corrected chi connectivity index (χ2v) is 25.7. The number of esters is 1. The summed E-state index contributed by atoms with van der Waals surface area (Å²) in [7, 11) is 4.84. The number of aromatic nitrogens is 4. The van der Waals surface area contributed by atoms with Gasteiger partial charge in [-0.1, -0.05) is 76.3 Å². The van der Waals surface area contributed by atoms with Crippen molar-refractivity contribution in [3.63, 3.8) is 0 Å². The van der Waals surface area contributed by atoms with Gasteiger partial charge in [-0.2, -0.15) is 0 Å². The van der Waals surface area contributed by atoms with Crippen LogP contribution in [-0.2, 0) is 60.3 Å². The number of nitrogens with one attached hydrogen (secondary N) is 6. The highest BCUT2D eigenvalue weighted by Crippen LogP contribution is 2.39. The molecule has 0 aliphatic carbocycles. The predicted octanol–water partition coefficient (Wildman–Crippen LogP) is 7.99. The van der Waals surface area contributed by atoms with Gasteiger partial charge in [0.25, 0.3) is 17.7 Å². The molecule has 94 heavy (non-hydrogen) atoms. The molecule has 496 valence electrons. The van der Waals surface area contributed by atoms with Crippen molar-refractivity contribution in [3.05, 3.63) is 153 Å². The third kappa shape index (κ3) is 19.5. The van der Waals surface area contributed by atoms with E-state index in [1.54, 1.807) is 96.7 Å². The first-order valence-corrected chi connectivity index (χ1v) is 31.2. The summed E-state index contributed by atoms with van der Waals surface area (Å²) in [5.41, 5.74) is -0.970. The van der Waals surface area contributed by atoms with E-state index in [0.29, 0.717) is 22.1 Å². The number of carbonyl (C=O) groups excluding carboxylic acids is 7. The van der Waals surface area contributed by atoms with Crippen molar-refractivity contribution in [2.75, 3.05) is 44.3 Å². The number of β-lactam (4-membered cyclic amide) rings is 1. The van der Waals surface area contributed by atoms with Gasteiger partial charge < -0.3 is 59.3 Å². The number of halogens is 1. The number of carbonyl (C=O) groups is 7. The maximum absolute atomic E-state index is 14.2. The van der Waals surface area contributed by atoms with Gasteiger partial charge in [0, 0.05) is 11.9 Å². The van der Waals surface area contributed by atoms with Crippen molar-refractivity contribution in [1.29, 1.82) is 0 Å². The zero-order valence-electron chi connectivity index (χ0n) is 53.4. The molecule has 0 unspecified atom stereocenters. The van der Waals surface area contributed by atoms with Crippen molar-refractivity contribution in [1.82, 2.24) is 41.5 Å². The molecule has 3 aromatic heterocycles. The van der Waals surface area contributed by atoms with Crippen molar-refractivity contribution in [2.45, 2.75) is 104 Å². The Hall–Kier alpha value is -10.1. The predicted molar refractivity (Wildman–Crippen MR) is 348 cm³/mol. The van der Waals surface area contributed by atoms with Gasteiger partial charge in [-0.3, -0.25) is 29.8 Å². The second kappa shape index (κ2) is 31.0. The van der Waals surface area contributed by atoms with E-state index in [2.05, 4.69) is 47.0 Å². The first-order chi connectivity index (χ1) is 44.6. The van der Waals surface area contributed by atoms with Crippen molar-refractivity contribution < 1.29 is 76.1 Å². The number of anilines is 2. The molecule has 6 N–H and O–H groups in total. The largest absolute Gasteiger partial charge is 0.497 e. The van der Waals surface area contributed by atoms with Gasteiger partial charge in [0.1, 0.15) is 83.7 Å². The molecular weight excluding hydrogens is 1280 g/mol. The Morgan fingerprint density at radius 3 is 2.00 bits per heavy atom. The third-order valence-corrected chi connectivity index (χ3v) is 15.5. The number of nitrogens with zero attached hydrogens (tertiary/aromatic N) is 6. The normalized spacial score (nSPS) is 13.8. The molecule has 0 saturated carbocycles. The number of amides is 6. The molecule has 7 aromatic rings. The lowest BCUT2D eigenvalue weighted by Gasteiger charge is -2.37. The van der Waals surface area contributed by atoms with Gasteiger partial charge in [0.05, 0.1) is 55.9 Å². The number of hydrogen-bond donors (Lipinski definition) is 6. The van der Waals surface area contributed by atoms with Crippen LogP contribution >= 0.6 is 34.3 Å². The summed E-state index contributed by atoms with van der Waals surface area (Å²) in [6, 6.07) is 24.9. The Kier molecular flexibility index (Phi) is 23.0. The molecule has 2 atom stereocenters. The summed E-state index contributed by atoms with van der Waals surface area (Å²) < 4.78 is 41.0. The van der Waals surface area contributed by atoms with Crippen LogP contribution in [0.3, 0.4) is 0 Å². The molecule has 0 spiro atoms. The minimum atomic E-state index is -1.70. The number of alkyl carbamates (subject to hydrolysis) is 1. The number of benzene rings is 4. The van der Waals surface area contributed by atoms with Crippen molar-refractivity contribution in [2.24, 2.45) is 12.2 Å². The molecule has 6 amide bonds. The van der Waals surface area contributed by atoms with Crippen LogP contribution in [0, 0.1) is 0 Å². The number of ether oxygens (including phenoxy) is 7. The summed E-state index contributed by atoms with van der Waals surface area (Å²) in [6.07, 6.45) is 3.03. The maximum Gasteiger partial charge on any atom is 0.413 e. The summed E-state index contributed by atoms with van der Waals surface area (Å²) in [6.45, 7) is 12.5. The Bertz CT molecular complexity index is 3890. The summed E-state index contributed by atoms with van der Waals surface area (Å²) in [4.78, 5) is 115. The third-order valence-electron chi connectivity index (χ3n) is 13.3. The average Bonchev–Trinajstić information content (AvgIpc) is 1.67. The maximum atomic E-state index is 14.2. The summed E-state index contributed by atoms with van der Waals surface area (Å²) in [5.74, 6) is -1.41. The van der Waals surface area contributed by atoms with Crippen molar-refractivity contribution in [3.8, 4) is 33.6 Å². The highest BCUT2D eigenvalue weighted by atomic mass is 35.5. The van der Waals surface area contributed by atoms with Gasteiger partial charge in [-0.15, -0.1) is 22.7 Å². The number of methoxy groups -OCH3 is 2. The number of rotatable bonds is 27. The van der Waals surface area contributed by atoms with E-state index < -0.39 is 76.4 Å². The van der Waals surface area contributed by atoms with E-state index in [9.17, 15) is 33.6 Å². The molecule has 4 heterocycles. The molecule has 4 aromatic carbocycles. The minimum absolute atomic E-state index is 0.00323. The van der Waals surface area contributed by atoms with Crippen LogP contribution in [0.25, 0.3) is 10.6 Å². The fourth-order valence-corrected chi connectivity index (χ4v) is 10.3. The zero-order valence-corrected chi connectivity index (χ0v) is 55.8. The monoisotopic (exact) mass is 1350 g/mol. The van der Waals surface area contributed by atoms with E-state index in [0.717, 1.165) is 39.4 Å². The molecule has 0 bridgehead atoms. The second-order valence-electron chi connectivity index (χ2n) is 23.4. The Labute approximate surface area is 554 Å². The van der Waals surface area contributed by atoms with Gasteiger partial charge in [0.15, 0.2) is 22.3 Å². The fraction of sp³-hybridized carbons (Fsp3) is 0.344. The Morgan fingerprint density at radius 2 is 1.37 bits per heavy atom. The molecule has 1 aliphatic rings. The molecular formula is C64H72ClN12O15S2+. The number of oxime groups is 1. The smallest absolute Gasteiger partial charge is 0.413 e. The fourth-order valence-electron chi connectivity index (χ4n) is 8.47. The minimum Gasteiger partial charge on any atom is -0.497 e. The topological polar surface area (TPSA) is 324 Å². The Balaban J connectivity index is 0.946. The highest BCUT2D eigenvalue weighted by molar-refractivity contribution is 7.17. The van der Waals surface area contributed by atoms with Gasteiger partial charge in [-0.25, -0.2) is 33.8 Å². The van der Waals surface area contributed by atoms with Gasteiger partial charge in [0.2, 0.25) is 11.5 Å². The lowest BCUT2D eigenvalue weighted by molar-refractivity contribution is -0.661. The molecule has 1 aliphatic heterocycles. The highest BCUT2D eigenvalue weighted by Gasteiger charge is 2.42. The van der Waals surface area contributed by atoms with E-state index in [1.807, 2.05) is 66.7 Å². The van der Waals surface area contributed by atoms with Gasteiger partial charge >= 0.3 is 24.1 Å². The first kappa shape index (κ1) is 69.8. The SMILES string of the molecule is COc1ccc(COc2ccc(C(=O)NCN(CNC(=O)OCc3ccccc3)c3ncc(-c4ncc(C(=O)NC[C@H]5NC(=O)[C@H]5NC(=O)/C(=N\OC(C)(C)C(=O)OC(C)(C)C)c5csc(NC(=O)OC(C)(C)C)n5)s4)c[n+]3C)c(Cl)c2OCc2ccc(OC)cc2)cc1. The van der Waals surface area contributed by atoms with Crippen LogP contribution in [0.1, 0.15) is 97.8 Å². The first-order valence-electron chi connectivity index (χ1n) is 29.1. The molecule has 8 rings (SSSR count). The molecule has 27 nitrogen and oxygen atoms in total. The van der Waals surface area contributed by atoms with Crippen LogP contribution in [0.2, 0.25) is 5.02 Å². The number of aryl methyl sites for hydroxylation is 1. The Morgan fingerprint density at radius 1 is 0.734 bits per heavy atom. The van der Waals surface area contributed by atoms with E-state index in [4.69, 9.17) is 54.6 Å². The van der Waals surface area contributed by atoms with Crippen LogP contribution < -0.4 is 60.3 Å².